The third-order valence-corrected chi connectivity index (χ3v) is 5.99. The third-order valence-electron chi connectivity index (χ3n) is 5.99. The maximum atomic E-state index is 13.4. The smallest absolute Gasteiger partial charge is 0.258 e. The molecule has 0 spiro atoms. The van der Waals surface area contributed by atoms with Gasteiger partial charge in [0.05, 0.1) is 17.3 Å². The van der Waals surface area contributed by atoms with E-state index in [1.807, 2.05) is 30.3 Å². The molecule has 192 valence electrons. The summed E-state index contributed by atoms with van der Waals surface area (Å²) in [5.41, 5.74) is 18.9. The summed E-state index contributed by atoms with van der Waals surface area (Å²) in [6.45, 7) is 1.12. The molecule has 1 aromatic heterocycles. The van der Waals surface area contributed by atoms with Crippen LogP contribution in [0.2, 0.25) is 0 Å². The molecule has 2 aromatic carbocycles. The van der Waals surface area contributed by atoms with E-state index in [1.165, 1.54) is 0 Å². The monoisotopic (exact) mass is 532 g/mol. The van der Waals surface area contributed by atoms with Crippen molar-refractivity contribution in [3.05, 3.63) is 70.0 Å². The summed E-state index contributed by atoms with van der Waals surface area (Å²) < 4.78 is 1.66. The van der Waals surface area contributed by atoms with Gasteiger partial charge in [-0.05, 0) is 25.3 Å². The Morgan fingerprint density at radius 1 is 0.944 bits per heavy atom. The minimum Gasteiger partial charge on any atom is -0.370 e. The van der Waals surface area contributed by atoms with E-state index in [2.05, 4.69) is 10.3 Å². The van der Waals surface area contributed by atoms with E-state index in [0.29, 0.717) is 66.5 Å². The SMILES string of the molecule is Cl.Cl.NC(N)=NCCC[C@H](N)C(=O)NCCCn1c2c(c3ccccc3c1=O)C(=O)c1ccccc1-2. The second-order valence-electron chi connectivity index (χ2n) is 8.30. The molecule has 1 amide bonds. The number of fused-ring (bicyclic) bond motifs is 5. The number of nitrogens with zero attached hydrogens (tertiary/aromatic N) is 2. The molecule has 0 fully saturated rings. The van der Waals surface area contributed by atoms with Gasteiger partial charge in [-0.3, -0.25) is 19.4 Å². The van der Waals surface area contributed by atoms with Crippen molar-refractivity contribution in [3.8, 4) is 11.3 Å². The number of nitrogens with one attached hydrogen (secondary N) is 1. The van der Waals surface area contributed by atoms with Crippen molar-refractivity contribution >= 4 is 53.2 Å². The number of aromatic nitrogens is 1. The Labute approximate surface area is 220 Å². The summed E-state index contributed by atoms with van der Waals surface area (Å²) in [5, 5.41) is 4.00. The van der Waals surface area contributed by atoms with Gasteiger partial charge >= 0.3 is 0 Å². The number of carbonyl (C=O) groups excluding carboxylic acids is 2. The van der Waals surface area contributed by atoms with E-state index < -0.39 is 6.04 Å². The number of hydrogen-bond donors (Lipinski definition) is 4. The maximum absolute atomic E-state index is 13.4. The van der Waals surface area contributed by atoms with E-state index in [-0.39, 0.29) is 48.0 Å². The van der Waals surface area contributed by atoms with E-state index in [1.54, 1.807) is 22.8 Å². The molecule has 0 bridgehead atoms. The largest absolute Gasteiger partial charge is 0.370 e. The fourth-order valence-corrected chi connectivity index (χ4v) is 4.37. The van der Waals surface area contributed by atoms with Crippen LogP contribution in [-0.4, -0.2) is 41.3 Å². The van der Waals surface area contributed by atoms with Crippen LogP contribution in [0.15, 0.2) is 58.3 Å². The van der Waals surface area contributed by atoms with Crippen molar-refractivity contribution in [1.82, 2.24) is 9.88 Å². The van der Waals surface area contributed by atoms with Gasteiger partial charge in [0.2, 0.25) is 5.91 Å². The molecule has 0 aliphatic heterocycles. The summed E-state index contributed by atoms with van der Waals surface area (Å²) in [6, 6.07) is 13.9. The van der Waals surface area contributed by atoms with Gasteiger partial charge in [-0.25, -0.2) is 0 Å². The Balaban J connectivity index is 0.00000228. The van der Waals surface area contributed by atoms with Crippen LogP contribution in [0.25, 0.3) is 22.0 Å². The summed E-state index contributed by atoms with van der Waals surface area (Å²) >= 11 is 0. The quantitative estimate of drug-likeness (QED) is 0.146. The highest BCUT2D eigenvalue weighted by Gasteiger charge is 2.32. The number of amides is 1. The number of aliphatic imine (C=N–C) groups is 1. The first-order valence-corrected chi connectivity index (χ1v) is 11.3. The number of nitrogens with two attached hydrogens (primary N) is 3. The predicted octanol–water partition coefficient (Wildman–Crippen LogP) is 1.94. The normalized spacial score (nSPS) is 12.1. The zero-order valence-electron chi connectivity index (χ0n) is 19.6. The van der Waals surface area contributed by atoms with Crippen molar-refractivity contribution in [2.45, 2.75) is 31.8 Å². The lowest BCUT2D eigenvalue weighted by molar-refractivity contribution is -0.122. The minimum absolute atomic E-state index is 0. The molecule has 11 heteroatoms. The molecule has 1 aliphatic rings. The number of ketones is 1. The van der Waals surface area contributed by atoms with Gasteiger partial charge in [0, 0.05) is 41.5 Å². The Morgan fingerprint density at radius 2 is 1.58 bits per heavy atom. The average Bonchev–Trinajstić information content (AvgIpc) is 3.13. The van der Waals surface area contributed by atoms with E-state index in [9.17, 15) is 14.4 Å². The van der Waals surface area contributed by atoms with Gasteiger partial charge in [-0.15, -0.1) is 24.8 Å². The number of guanidine groups is 1. The fourth-order valence-electron chi connectivity index (χ4n) is 4.37. The van der Waals surface area contributed by atoms with Crippen molar-refractivity contribution in [2.24, 2.45) is 22.2 Å². The van der Waals surface area contributed by atoms with Crippen LogP contribution in [-0.2, 0) is 11.3 Å². The summed E-state index contributed by atoms with van der Waals surface area (Å²) in [4.78, 5) is 42.7. The molecule has 3 aromatic rings. The first-order chi connectivity index (χ1) is 16.4. The highest BCUT2D eigenvalue weighted by atomic mass is 35.5. The molecule has 1 atom stereocenters. The Kier molecular flexibility index (Phi) is 10.0. The summed E-state index contributed by atoms with van der Waals surface area (Å²) in [7, 11) is 0. The number of benzene rings is 2. The molecular weight excluding hydrogens is 503 g/mol. The first kappa shape index (κ1) is 28.8. The average molecular weight is 533 g/mol. The molecule has 1 heterocycles. The second-order valence-corrected chi connectivity index (χ2v) is 8.30. The number of pyridine rings is 1. The molecule has 36 heavy (non-hydrogen) atoms. The minimum atomic E-state index is -0.661. The van der Waals surface area contributed by atoms with Gasteiger partial charge in [0.1, 0.15) is 0 Å². The van der Waals surface area contributed by atoms with Crippen LogP contribution in [0.3, 0.4) is 0 Å². The topological polar surface area (TPSA) is 159 Å². The van der Waals surface area contributed by atoms with E-state index in [0.717, 1.165) is 5.56 Å². The summed E-state index contributed by atoms with van der Waals surface area (Å²) in [5.74, 6) is -0.324. The Bertz CT molecular complexity index is 1350. The van der Waals surface area contributed by atoms with Gasteiger partial charge in [-0.1, -0.05) is 42.5 Å². The number of carbonyl (C=O) groups is 2. The van der Waals surface area contributed by atoms with Crippen molar-refractivity contribution in [3.63, 3.8) is 0 Å². The molecule has 0 unspecified atom stereocenters. The molecule has 0 radical (unpaired) electrons. The van der Waals surface area contributed by atoms with Crippen LogP contribution < -0.4 is 28.1 Å². The van der Waals surface area contributed by atoms with Crippen LogP contribution >= 0.6 is 24.8 Å². The van der Waals surface area contributed by atoms with Crippen LogP contribution in [0.5, 0.6) is 0 Å². The lowest BCUT2D eigenvalue weighted by Crippen LogP contribution is -2.41. The first-order valence-electron chi connectivity index (χ1n) is 11.3. The van der Waals surface area contributed by atoms with Crippen molar-refractivity contribution in [1.29, 1.82) is 0 Å². The lowest BCUT2D eigenvalue weighted by Gasteiger charge is -2.16. The zero-order chi connectivity index (χ0) is 24.2. The predicted molar refractivity (Wildman–Crippen MR) is 147 cm³/mol. The van der Waals surface area contributed by atoms with Crippen LogP contribution in [0.1, 0.15) is 35.2 Å². The highest BCUT2D eigenvalue weighted by Crippen LogP contribution is 2.39. The van der Waals surface area contributed by atoms with Gasteiger partial charge in [0.15, 0.2) is 11.7 Å². The molecular formula is C25H30Cl2N6O3. The van der Waals surface area contributed by atoms with E-state index >= 15 is 0 Å². The number of halogens is 2. The third kappa shape index (κ3) is 5.70. The van der Waals surface area contributed by atoms with Gasteiger partial charge in [-0.2, -0.15) is 0 Å². The molecule has 4 rings (SSSR count). The van der Waals surface area contributed by atoms with E-state index in [4.69, 9.17) is 17.2 Å². The Morgan fingerprint density at radius 3 is 2.28 bits per heavy atom. The number of hydrogen-bond acceptors (Lipinski definition) is 5. The molecule has 0 saturated heterocycles. The molecule has 0 saturated carbocycles. The maximum Gasteiger partial charge on any atom is 0.258 e. The highest BCUT2D eigenvalue weighted by molar-refractivity contribution is 6.26. The van der Waals surface area contributed by atoms with Gasteiger partial charge in [0.25, 0.3) is 5.56 Å². The molecule has 7 N–H and O–H groups in total. The number of rotatable bonds is 9. The standard InChI is InChI=1S/C25H28N6O3.2ClH/c26-19(11-5-12-30-25(27)28)23(33)29-13-6-14-31-21-16-8-2-3-9-17(16)22(32)20(21)15-7-1-4-10-18(15)24(31)34;;/h1-4,7-10,19H,5-6,11-14,26H2,(H,29,33)(H4,27,28,30);2*1H/t19-;;/m0../s1. The molecule has 1 aliphatic carbocycles. The van der Waals surface area contributed by atoms with Crippen LogP contribution in [0.4, 0.5) is 0 Å². The summed E-state index contributed by atoms with van der Waals surface area (Å²) in [6.07, 6.45) is 1.56. The lowest BCUT2D eigenvalue weighted by atomic mass is 10.0. The van der Waals surface area contributed by atoms with Crippen molar-refractivity contribution in [2.75, 3.05) is 13.1 Å². The van der Waals surface area contributed by atoms with Crippen LogP contribution in [0, 0.1) is 0 Å². The second kappa shape index (κ2) is 12.5. The zero-order valence-corrected chi connectivity index (χ0v) is 21.2. The van der Waals surface area contributed by atoms with Crippen molar-refractivity contribution < 1.29 is 9.59 Å². The fraction of sp³-hybridized carbons (Fsp3) is 0.280. The Hall–Kier alpha value is -3.40. The van der Waals surface area contributed by atoms with Gasteiger partial charge < -0.3 is 27.1 Å². The molecule has 9 nitrogen and oxygen atoms in total.